The number of aliphatic hydroxyl groups excluding tert-OH is 1. The molecule has 1 aromatic rings. The SMILES string of the molecule is CC(=O)Nc1ccc(C(O)C2CCCCN2)cc1. The van der Waals surface area contributed by atoms with Crippen molar-refractivity contribution in [1.29, 1.82) is 0 Å². The first-order chi connectivity index (χ1) is 8.66. The minimum Gasteiger partial charge on any atom is -0.387 e. The topological polar surface area (TPSA) is 61.4 Å². The zero-order valence-electron chi connectivity index (χ0n) is 10.6. The van der Waals surface area contributed by atoms with Crippen molar-refractivity contribution in [3.05, 3.63) is 29.8 Å². The Bertz CT molecular complexity index is 397. The monoisotopic (exact) mass is 248 g/mol. The van der Waals surface area contributed by atoms with Gasteiger partial charge in [0.05, 0.1) is 6.10 Å². The van der Waals surface area contributed by atoms with E-state index in [1.807, 2.05) is 24.3 Å². The van der Waals surface area contributed by atoms with Crippen molar-refractivity contribution in [3.63, 3.8) is 0 Å². The van der Waals surface area contributed by atoms with Gasteiger partial charge in [-0.3, -0.25) is 4.79 Å². The van der Waals surface area contributed by atoms with Crippen LogP contribution in [-0.2, 0) is 4.79 Å². The third-order valence-electron chi connectivity index (χ3n) is 3.30. The predicted molar refractivity (Wildman–Crippen MR) is 71.3 cm³/mol. The molecule has 1 aliphatic rings. The average molecular weight is 248 g/mol. The molecule has 4 nitrogen and oxygen atoms in total. The Morgan fingerprint density at radius 2 is 2.11 bits per heavy atom. The highest BCUT2D eigenvalue weighted by molar-refractivity contribution is 5.88. The highest BCUT2D eigenvalue weighted by Crippen LogP contribution is 2.23. The van der Waals surface area contributed by atoms with E-state index in [0.717, 1.165) is 24.2 Å². The molecule has 1 heterocycles. The highest BCUT2D eigenvalue weighted by Gasteiger charge is 2.22. The Kier molecular flexibility index (Phi) is 4.33. The van der Waals surface area contributed by atoms with Gasteiger partial charge in [0.15, 0.2) is 0 Å². The maximum atomic E-state index is 10.9. The number of piperidine rings is 1. The molecule has 0 spiro atoms. The lowest BCUT2D eigenvalue weighted by molar-refractivity contribution is -0.114. The van der Waals surface area contributed by atoms with E-state index >= 15 is 0 Å². The molecular formula is C14H20N2O2. The van der Waals surface area contributed by atoms with Gasteiger partial charge in [0, 0.05) is 18.7 Å². The van der Waals surface area contributed by atoms with Gasteiger partial charge in [-0.15, -0.1) is 0 Å². The lowest BCUT2D eigenvalue weighted by atomic mass is 9.95. The van der Waals surface area contributed by atoms with E-state index in [2.05, 4.69) is 10.6 Å². The Hall–Kier alpha value is -1.39. The fraction of sp³-hybridized carbons (Fsp3) is 0.500. The quantitative estimate of drug-likeness (QED) is 0.764. The van der Waals surface area contributed by atoms with E-state index in [0.29, 0.717) is 0 Å². The zero-order chi connectivity index (χ0) is 13.0. The maximum Gasteiger partial charge on any atom is 0.221 e. The molecule has 0 bridgehead atoms. The molecule has 4 heteroatoms. The van der Waals surface area contributed by atoms with E-state index in [-0.39, 0.29) is 11.9 Å². The Morgan fingerprint density at radius 1 is 1.39 bits per heavy atom. The van der Waals surface area contributed by atoms with Crippen LogP contribution < -0.4 is 10.6 Å². The van der Waals surface area contributed by atoms with Crippen LogP contribution in [0.2, 0.25) is 0 Å². The third-order valence-corrected chi connectivity index (χ3v) is 3.30. The summed E-state index contributed by atoms with van der Waals surface area (Å²) in [5.74, 6) is -0.0859. The minimum absolute atomic E-state index is 0.0859. The summed E-state index contributed by atoms with van der Waals surface area (Å²) in [6.45, 7) is 2.46. The summed E-state index contributed by atoms with van der Waals surface area (Å²) in [6, 6.07) is 7.52. The summed E-state index contributed by atoms with van der Waals surface area (Å²) < 4.78 is 0. The zero-order valence-corrected chi connectivity index (χ0v) is 10.6. The maximum absolute atomic E-state index is 10.9. The second-order valence-corrected chi connectivity index (χ2v) is 4.80. The Morgan fingerprint density at radius 3 is 2.67 bits per heavy atom. The first-order valence-electron chi connectivity index (χ1n) is 6.46. The van der Waals surface area contributed by atoms with Gasteiger partial charge in [0.25, 0.3) is 0 Å². The van der Waals surface area contributed by atoms with Crippen molar-refractivity contribution in [2.24, 2.45) is 0 Å². The van der Waals surface area contributed by atoms with Gasteiger partial charge in [-0.1, -0.05) is 18.6 Å². The molecule has 2 atom stereocenters. The third kappa shape index (κ3) is 3.31. The standard InChI is InChI=1S/C14H20N2O2/c1-10(17)16-12-7-5-11(6-8-12)14(18)13-4-2-3-9-15-13/h5-8,13-15,18H,2-4,9H2,1H3,(H,16,17). The molecule has 18 heavy (non-hydrogen) atoms. The highest BCUT2D eigenvalue weighted by atomic mass is 16.3. The van der Waals surface area contributed by atoms with Crippen molar-refractivity contribution in [2.45, 2.75) is 38.3 Å². The van der Waals surface area contributed by atoms with E-state index in [1.54, 1.807) is 0 Å². The molecule has 1 fully saturated rings. The van der Waals surface area contributed by atoms with Crippen LogP contribution >= 0.6 is 0 Å². The van der Waals surface area contributed by atoms with Crippen molar-refractivity contribution >= 4 is 11.6 Å². The summed E-state index contributed by atoms with van der Waals surface area (Å²) in [4.78, 5) is 10.9. The number of rotatable bonds is 3. The van der Waals surface area contributed by atoms with Crippen LogP contribution in [0.5, 0.6) is 0 Å². The normalized spacial score (nSPS) is 21.3. The summed E-state index contributed by atoms with van der Waals surface area (Å²) in [5, 5.41) is 16.3. The summed E-state index contributed by atoms with van der Waals surface area (Å²) in [7, 11) is 0. The molecule has 0 saturated carbocycles. The summed E-state index contributed by atoms with van der Waals surface area (Å²) in [5.41, 5.74) is 1.65. The van der Waals surface area contributed by atoms with Crippen LogP contribution in [0, 0.1) is 0 Å². The molecule has 0 aromatic heterocycles. The summed E-state index contributed by atoms with van der Waals surface area (Å²) in [6.07, 6.45) is 2.88. The number of carbonyl (C=O) groups is 1. The number of benzene rings is 1. The molecule has 0 aliphatic carbocycles. The average Bonchev–Trinajstić information content (AvgIpc) is 2.39. The number of amides is 1. The second kappa shape index (κ2) is 5.98. The second-order valence-electron chi connectivity index (χ2n) is 4.80. The molecule has 3 N–H and O–H groups in total. The summed E-state index contributed by atoms with van der Waals surface area (Å²) >= 11 is 0. The Balaban J connectivity index is 2.01. The molecule has 0 radical (unpaired) electrons. The van der Waals surface area contributed by atoms with E-state index < -0.39 is 6.10 Å². The predicted octanol–water partition coefficient (Wildman–Crippen LogP) is 1.82. The smallest absolute Gasteiger partial charge is 0.221 e. The molecule has 98 valence electrons. The van der Waals surface area contributed by atoms with Crippen LogP contribution in [0.4, 0.5) is 5.69 Å². The first-order valence-corrected chi connectivity index (χ1v) is 6.46. The van der Waals surface area contributed by atoms with Crippen molar-refractivity contribution in [3.8, 4) is 0 Å². The van der Waals surface area contributed by atoms with Crippen LogP contribution in [0.25, 0.3) is 0 Å². The molecule has 1 aromatic carbocycles. The van der Waals surface area contributed by atoms with Gasteiger partial charge < -0.3 is 15.7 Å². The van der Waals surface area contributed by atoms with Gasteiger partial charge in [-0.2, -0.15) is 0 Å². The molecule has 1 saturated heterocycles. The molecule has 1 amide bonds. The van der Waals surface area contributed by atoms with Crippen LogP contribution in [-0.4, -0.2) is 23.6 Å². The first kappa shape index (κ1) is 13.1. The van der Waals surface area contributed by atoms with E-state index in [1.165, 1.54) is 19.8 Å². The van der Waals surface area contributed by atoms with Gasteiger partial charge in [-0.25, -0.2) is 0 Å². The Labute approximate surface area is 107 Å². The number of carbonyl (C=O) groups excluding carboxylic acids is 1. The van der Waals surface area contributed by atoms with E-state index in [4.69, 9.17) is 0 Å². The van der Waals surface area contributed by atoms with E-state index in [9.17, 15) is 9.90 Å². The number of hydrogen-bond acceptors (Lipinski definition) is 3. The van der Waals surface area contributed by atoms with Crippen LogP contribution in [0.15, 0.2) is 24.3 Å². The van der Waals surface area contributed by atoms with Crippen LogP contribution in [0.1, 0.15) is 37.9 Å². The molecular weight excluding hydrogens is 228 g/mol. The molecule has 2 rings (SSSR count). The fourth-order valence-electron chi connectivity index (χ4n) is 2.35. The lowest BCUT2D eigenvalue weighted by Gasteiger charge is -2.28. The number of anilines is 1. The molecule has 1 aliphatic heterocycles. The largest absolute Gasteiger partial charge is 0.387 e. The van der Waals surface area contributed by atoms with Crippen molar-refractivity contribution in [1.82, 2.24) is 5.32 Å². The molecule has 2 unspecified atom stereocenters. The van der Waals surface area contributed by atoms with Gasteiger partial charge >= 0.3 is 0 Å². The van der Waals surface area contributed by atoms with Gasteiger partial charge in [0.1, 0.15) is 0 Å². The van der Waals surface area contributed by atoms with Crippen molar-refractivity contribution in [2.75, 3.05) is 11.9 Å². The van der Waals surface area contributed by atoms with Crippen LogP contribution in [0.3, 0.4) is 0 Å². The minimum atomic E-state index is -0.475. The van der Waals surface area contributed by atoms with Gasteiger partial charge in [-0.05, 0) is 37.1 Å². The lowest BCUT2D eigenvalue weighted by Crippen LogP contribution is -2.38. The number of hydrogen-bond donors (Lipinski definition) is 3. The number of aliphatic hydroxyl groups is 1. The number of nitrogens with one attached hydrogen (secondary N) is 2. The van der Waals surface area contributed by atoms with Crippen molar-refractivity contribution < 1.29 is 9.90 Å². The fourth-order valence-corrected chi connectivity index (χ4v) is 2.35. The van der Waals surface area contributed by atoms with Gasteiger partial charge in [0.2, 0.25) is 5.91 Å².